The molecule has 17 heavy (non-hydrogen) atoms. The minimum absolute atomic E-state index is 0.272. The number of ether oxygens (including phenoxy) is 1. The summed E-state index contributed by atoms with van der Waals surface area (Å²) in [4.78, 5) is 11.0. The first-order chi connectivity index (χ1) is 7.88. The molecular formula is C15H21O2. The van der Waals surface area contributed by atoms with Gasteiger partial charge in [0.1, 0.15) is 5.75 Å². The number of rotatable bonds is 4. The molecule has 0 N–H and O–H groups in total. The minimum atomic E-state index is -0.272. The molecule has 0 atom stereocenters. The van der Waals surface area contributed by atoms with E-state index in [1.165, 1.54) is 18.4 Å². The zero-order valence-corrected chi connectivity index (χ0v) is 11.3. The summed E-state index contributed by atoms with van der Waals surface area (Å²) in [7, 11) is 0. The largest absolute Gasteiger partial charge is 0.427 e. The van der Waals surface area contributed by atoms with Gasteiger partial charge in [-0.3, -0.25) is 4.79 Å². The van der Waals surface area contributed by atoms with E-state index in [0.717, 1.165) is 12.0 Å². The van der Waals surface area contributed by atoms with Crippen LogP contribution in [0, 0.1) is 11.8 Å². The van der Waals surface area contributed by atoms with Gasteiger partial charge < -0.3 is 4.74 Å². The Morgan fingerprint density at radius 3 is 2.29 bits per heavy atom. The third kappa shape index (κ3) is 4.59. The third-order valence-corrected chi connectivity index (χ3v) is 2.45. The van der Waals surface area contributed by atoms with E-state index in [9.17, 15) is 4.79 Å². The Kier molecular flexibility index (Phi) is 4.73. The van der Waals surface area contributed by atoms with Crippen molar-refractivity contribution < 1.29 is 9.53 Å². The Bertz CT molecular complexity index is 392. The van der Waals surface area contributed by atoms with Gasteiger partial charge in [0.15, 0.2) is 0 Å². The fraction of sp³-hybridized carbons (Fsp3) is 0.467. The second-order valence-electron chi connectivity index (χ2n) is 5.06. The summed E-state index contributed by atoms with van der Waals surface area (Å²) in [6.45, 7) is 9.91. The van der Waals surface area contributed by atoms with Crippen LogP contribution in [0.15, 0.2) is 18.2 Å². The molecule has 0 saturated carbocycles. The summed E-state index contributed by atoms with van der Waals surface area (Å²) >= 11 is 0. The number of esters is 1. The predicted molar refractivity (Wildman–Crippen MR) is 70.0 cm³/mol. The van der Waals surface area contributed by atoms with E-state index in [2.05, 4.69) is 33.8 Å². The van der Waals surface area contributed by atoms with Crippen LogP contribution in [0.5, 0.6) is 5.75 Å². The van der Waals surface area contributed by atoms with Crippen molar-refractivity contribution >= 4 is 5.97 Å². The van der Waals surface area contributed by atoms with Gasteiger partial charge >= 0.3 is 5.97 Å². The number of carbonyl (C=O) groups is 1. The number of hydrogen-bond donors (Lipinski definition) is 0. The van der Waals surface area contributed by atoms with Crippen LogP contribution in [0.1, 0.15) is 45.7 Å². The first-order valence-corrected chi connectivity index (χ1v) is 6.01. The fourth-order valence-electron chi connectivity index (χ4n) is 1.76. The molecule has 2 nitrogen and oxygen atoms in total. The van der Waals surface area contributed by atoms with Crippen LogP contribution in [0.2, 0.25) is 0 Å². The van der Waals surface area contributed by atoms with Gasteiger partial charge in [0.25, 0.3) is 0 Å². The molecule has 0 spiro atoms. The minimum Gasteiger partial charge on any atom is -0.427 e. The Balaban J connectivity index is 3.04. The van der Waals surface area contributed by atoms with Gasteiger partial charge in [-0.2, -0.15) is 0 Å². The molecule has 1 radical (unpaired) electrons. The van der Waals surface area contributed by atoms with Crippen LogP contribution in [-0.4, -0.2) is 5.97 Å². The highest BCUT2D eigenvalue weighted by Gasteiger charge is 2.08. The molecule has 0 bridgehead atoms. The quantitative estimate of drug-likeness (QED) is 0.584. The van der Waals surface area contributed by atoms with Crippen molar-refractivity contribution in [2.75, 3.05) is 0 Å². The molecule has 0 heterocycles. The van der Waals surface area contributed by atoms with Crippen molar-refractivity contribution in [3.8, 4) is 5.75 Å². The predicted octanol–water partition coefficient (Wildman–Crippen LogP) is 3.77. The molecule has 1 aromatic rings. The lowest BCUT2D eigenvalue weighted by Crippen LogP contribution is -2.04. The molecule has 2 heteroatoms. The Morgan fingerprint density at radius 2 is 1.82 bits per heavy atom. The third-order valence-electron chi connectivity index (χ3n) is 2.45. The second kappa shape index (κ2) is 5.85. The maximum Gasteiger partial charge on any atom is 0.308 e. The first kappa shape index (κ1) is 13.8. The molecule has 0 aromatic heterocycles. The monoisotopic (exact) mass is 233 g/mol. The lowest BCUT2D eigenvalue weighted by Gasteiger charge is -2.12. The first-order valence-electron chi connectivity index (χ1n) is 6.01. The summed E-state index contributed by atoms with van der Waals surface area (Å²) in [5.41, 5.74) is 2.36. The van der Waals surface area contributed by atoms with E-state index in [0.29, 0.717) is 11.7 Å². The Labute approximate surface area is 104 Å². The van der Waals surface area contributed by atoms with Gasteiger partial charge in [0.05, 0.1) is 0 Å². The van der Waals surface area contributed by atoms with Crippen LogP contribution in [0.4, 0.5) is 0 Å². The highest BCUT2D eigenvalue weighted by atomic mass is 16.5. The number of hydrogen-bond acceptors (Lipinski definition) is 2. The summed E-state index contributed by atoms with van der Waals surface area (Å²) in [5, 5.41) is 0. The van der Waals surface area contributed by atoms with Crippen molar-refractivity contribution in [2.45, 2.75) is 41.0 Å². The van der Waals surface area contributed by atoms with E-state index in [-0.39, 0.29) is 5.97 Å². The standard InChI is InChI=1S/C15H21O2/c1-10(2)6-13-7-14(11(3)4)9-15(8-13)17-12(5)16/h7-10H,6H2,1-5H3. The molecule has 0 saturated heterocycles. The maximum absolute atomic E-state index is 11.0. The molecule has 0 aliphatic heterocycles. The SMILES string of the molecule is C[C](C)c1cc(CC(C)C)cc(OC(C)=O)c1. The Hall–Kier alpha value is -1.31. The smallest absolute Gasteiger partial charge is 0.308 e. The van der Waals surface area contributed by atoms with E-state index >= 15 is 0 Å². The van der Waals surface area contributed by atoms with Crippen LogP contribution in [0.3, 0.4) is 0 Å². The van der Waals surface area contributed by atoms with Crippen molar-refractivity contribution in [3.05, 3.63) is 35.2 Å². The van der Waals surface area contributed by atoms with E-state index in [1.807, 2.05) is 12.1 Å². The molecule has 0 fully saturated rings. The summed E-state index contributed by atoms with van der Waals surface area (Å²) in [5.74, 6) is 2.19. The van der Waals surface area contributed by atoms with E-state index in [1.54, 1.807) is 0 Å². The highest BCUT2D eigenvalue weighted by Crippen LogP contribution is 2.24. The van der Waals surface area contributed by atoms with Gasteiger partial charge in [-0.05, 0) is 41.5 Å². The van der Waals surface area contributed by atoms with Gasteiger partial charge in [0.2, 0.25) is 0 Å². The average Bonchev–Trinajstić information content (AvgIpc) is 2.14. The number of benzene rings is 1. The van der Waals surface area contributed by atoms with Gasteiger partial charge in [-0.15, -0.1) is 0 Å². The van der Waals surface area contributed by atoms with Gasteiger partial charge in [0, 0.05) is 6.92 Å². The van der Waals surface area contributed by atoms with Crippen LogP contribution < -0.4 is 4.74 Å². The molecule has 1 rings (SSSR count). The van der Waals surface area contributed by atoms with Crippen LogP contribution >= 0.6 is 0 Å². The molecule has 0 amide bonds. The van der Waals surface area contributed by atoms with Gasteiger partial charge in [-0.25, -0.2) is 0 Å². The van der Waals surface area contributed by atoms with E-state index in [4.69, 9.17) is 4.74 Å². The highest BCUT2D eigenvalue weighted by molar-refractivity contribution is 5.69. The molecule has 93 valence electrons. The van der Waals surface area contributed by atoms with Gasteiger partial charge in [-0.1, -0.05) is 33.8 Å². The average molecular weight is 233 g/mol. The van der Waals surface area contributed by atoms with Crippen molar-refractivity contribution in [3.63, 3.8) is 0 Å². The van der Waals surface area contributed by atoms with Crippen molar-refractivity contribution in [1.29, 1.82) is 0 Å². The summed E-state index contributed by atoms with van der Waals surface area (Å²) in [6, 6.07) is 6.04. The van der Waals surface area contributed by atoms with Crippen LogP contribution in [-0.2, 0) is 11.2 Å². The maximum atomic E-state index is 11.0. The lowest BCUT2D eigenvalue weighted by atomic mass is 9.96. The molecule has 0 aliphatic rings. The topological polar surface area (TPSA) is 26.3 Å². The van der Waals surface area contributed by atoms with Crippen LogP contribution in [0.25, 0.3) is 0 Å². The molecule has 0 aliphatic carbocycles. The zero-order chi connectivity index (χ0) is 13.0. The molecule has 1 aromatic carbocycles. The normalized spacial score (nSPS) is 11.0. The van der Waals surface area contributed by atoms with E-state index < -0.39 is 0 Å². The van der Waals surface area contributed by atoms with Crippen molar-refractivity contribution in [1.82, 2.24) is 0 Å². The lowest BCUT2D eigenvalue weighted by molar-refractivity contribution is -0.131. The fourth-order valence-corrected chi connectivity index (χ4v) is 1.76. The van der Waals surface area contributed by atoms with Crippen molar-refractivity contribution in [2.24, 2.45) is 5.92 Å². The molecular weight excluding hydrogens is 212 g/mol. The Morgan fingerprint density at radius 1 is 1.18 bits per heavy atom. The summed E-state index contributed by atoms with van der Waals surface area (Å²) < 4.78 is 5.18. The zero-order valence-electron chi connectivity index (χ0n) is 11.3. The number of carbonyl (C=O) groups excluding carboxylic acids is 1. The molecule has 0 unspecified atom stereocenters. The summed E-state index contributed by atoms with van der Waals surface area (Å²) in [6.07, 6.45) is 0.995. The second-order valence-corrected chi connectivity index (χ2v) is 5.06.